The lowest BCUT2D eigenvalue weighted by Crippen LogP contribution is -2.53. The van der Waals surface area contributed by atoms with Crippen molar-refractivity contribution in [3.8, 4) is 0 Å². The lowest BCUT2D eigenvalue weighted by atomic mass is 9.44. The molecule has 0 aliphatic heterocycles. The number of unbranched alkanes of at least 4 members (excludes halogenated alkanes) is 1. The first kappa shape index (κ1) is 19.3. The van der Waals surface area contributed by atoms with E-state index in [-0.39, 0.29) is 0 Å². The Morgan fingerprint density at radius 3 is 2.46 bits per heavy atom. The number of hydrogen-bond acceptors (Lipinski definition) is 1. The zero-order valence-corrected chi connectivity index (χ0v) is 17.8. The highest BCUT2D eigenvalue weighted by Crippen LogP contribution is 2.68. The second-order valence-corrected chi connectivity index (χ2v) is 11.3. The van der Waals surface area contributed by atoms with Crippen molar-refractivity contribution in [1.82, 2.24) is 0 Å². The monoisotopic (exact) mass is 360 g/mol. The van der Waals surface area contributed by atoms with Gasteiger partial charge in [0.05, 0.1) is 0 Å². The van der Waals surface area contributed by atoms with E-state index in [1.165, 1.54) is 64.2 Å². The van der Waals surface area contributed by atoms with Crippen LogP contribution in [0, 0.1) is 46.3 Å². The predicted octanol–water partition coefficient (Wildman–Crippen LogP) is 6.83. The van der Waals surface area contributed by atoms with Crippen molar-refractivity contribution in [2.24, 2.45) is 46.3 Å². The van der Waals surface area contributed by atoms with Crippen LogP contribution >= 0.6 is 0 Å². The summed E-state index contributed by atoms with van der Waals surface area (Å²) in [6, 6.07) is 0. The average Bonchev–Trinajstić information content (AvgIpc) is 2.98. The third-order valence-electron chi connectivity index (χ3n) is 10.4. The van der Waals surface area contributed by atoms with Crippen molar-refractivity contribution in [2.45, 2.75) is 104 Å². The van der Waals surface area contributed by atoms with Crippen LogP contribution in [-0.2, 0) is 0 Å². The van der Waals surface area contributed by atoms with Crippen molar-refractivity contribution < 1.29 is 5.11 Å². The second kappa shape index (κ2) is 7.41. The third kappa shape index (κ3) is 2.99. The molecule has 0 amide bonds. The molecule has 4 aliphatic rings. The van der Waals surface area contributed by atoms with Crippen LogP contribution < -0.4 is 0 Å². The van der Waals surface area contributed by atoms with Crippen molar-refractivity contribution in [3.63, 3.8) is 0 Å². The normalized spacial score (nSPS) is 49.2. The molecule has 0 aromatic heterocycles. The molecule has 4 aliphatic carbocycles. The van der Waals surface area contributed by atoms with Gasteiger partial charge in [0.15, 0.2) is 0 Å². The fraction of sp³-hybridized carbons (Fsp3) is 1.00. The Morgan fingerprint density at radius 1 is 0.846 bits per heavy atom. The Kier molecular flexibility index (Phi) is 5.50. The van der Waals surface area contributed by atoms with E-state index in [1.807, 2.05) is 0 Å². The van der Waals surface area contributed by atoms with E-state index in [2.05, 4.69) is 20.8 Å². The molecule has 0 aromatic carbocycles. The summed E-state index contributed by atoms with van der Waals surface area (Å²) in [6.45, 7) is 8.31. The van der Waals surface area contributed by atoms with E-state index in [9.17, 15) is 0 Å². The molecule has 1 unspecified atom stereocenters. The fourth-order valence-electron chi connectivity index (χ4n) is 9.05. The van der Waals surface area contributed by atoms with Crippen LogP contribution in [0.25, 0.3) is 0 Å². The summed E-state index contributed by atoms with van der Waals surface area (Å²) in [7, 11) is 0. The Bertz CT molecular complexity index is 487. The molecule has 0 saturated heterocycles. The van der Waals surface area contributed by atoms with Gasteiger partial charge in [0.2, 0.25) is 0 Å². The van der Waals surface area contributed by atoms with Gasteiger partial charge in [0.1, 0.15) is 0 Å². The molecule has 1 N–H and O–H groups in total. The number of hydrogen-bond donors (Lipinski definition) is 1. The van der Waals surface area contributed by atoms with Crippen LogP contribution in [0.2, 0.25) is 0 Å². The molecule has 1 heteroatoms. The Morgan fingerprint density at radius 2 is 1.65 bits per heavy atom. The molecule has 0 heterocycles. The largest absolute Gasteiger partial charge is 0.396 e. The Balaban J connectivity index is 1.49. The van der Waals surface area contributed by atoms with Crippen LogP contribution in [0.4, 0.5) is 0 Å². The summed E-state index contributed by atoms with van der Waals surface area (Å²) in [5.74, 6) is 5.97. The van der Waals surface area contributed by atoms with Gasteiger partial charge in [-0.05, 0) is 104 Å². The Hall–Kier alpha value is -0.0400. The fourth-order valence-corrected chi connectivity index (χ4v) is 9.05. The number of aliphatic hydroxyl groups excluding tert-OH is 1. The maximum Gasteiger partial charge on any atom is 0.0431 e. The quantitative estimate of drug-likeness (QED) is 0.532. The summed E-state index contributed by atoms with van der Waals surface area (Å²) in [5.41, 5.74) is 1.31. The minimum atomic E-state index is 0.376. The summed E-state index contributed by atoms with van der Waals surface area (Å²) in [6.07, 6.45) is 18.8. The molecule has 0 spiro atoms. The zero-order chi connectivity index (χ0) is 18.4. The number of fused-ring (bicyclic) bond motifs is 5. The maximum atomic E-state index is 9.13. The van der Waals surface area contributed by atoms with Crippen LogP contribution in [0.3, 0.4) is 0 Å². The van der Waals surface area contributed by atoms with Gasteiger partial charge in [0.25, 0.3) is 0 Å². The molecular weight excluding hydrogens is 316 g/mol. The minimum absolute atomic E-state index is 0.376. The molecule has 0 aromatic rings. The molecular formula is C25H44O. The maximum absolute atomic E-state index is 9.13. The smallest absolute Gasteiger partial charge is 0.0431 e. The molecule has 4 saturated carbocycles. The Labute approximate surface area is 162 Å². The van der Waals surface area contributed by atoms with Crippen molar-refractivity contribution in [3.05, 3.63) is 0 Å². The highest BCUT2D eigenvalue weighted by molar-refractivity contribution is 5.09. The van der Waals surface area contributed by atoms with E-state index < -0.39 is 0 Å². The van der Waals surface area contributed by atoms with Crippen LogP contribution in [0.15, 0.2) is 0 Å². The SMILES string of the molecule is C[C@H](CCCCO)[C@H]1CC[C@H]2[C@@H]3CCC4CCCC[C@]4(C)[C@H]3CC[C@]12C. The van der Waals surface area contributed by atoms with Gasteiger partial charge in [-0.25, -0.2) is 0 Å². The summed E-state index contributed by atoms with van der Waals surface area (Å²) >= 11 is 0. The van der Waals surface area contributed by atoms with Gasteiger partial charge in [-0.3, -0.25) is 0 Å². The number of rotatable bonds is 5. The van der Waals surface area contributed by atoms with Crippen molar-refractivity contribution >= 4 is 0 Å². The lowest BCUT2D eigenvalue weighted by molar-refractivity contribution is -0.114. The standard InChI is InChI=1S/C25H44O/c1-18(8-5-7-17-26)21-12-13-22-20-11-10-19-9-4-6-15-24(19,2)23(20)14-16-25(21,22)3/h18-23,26H,4-17H2,1-3H3/t18-,19?,20+,21-,22+,23+,24+,25-/m1/s1. The first-order chi connectivity index (χ1) is 12.5. The molecule has 150 valence electrons. The molecule has 0 radical (unpaired) electrons. The summed E-state index contributed by atoms with van der Waals surface area (Å²) < 4.78 is 0. The van der Waals surface area contributed by atoms with Gasteiger partial charge in [-0.1, -0.05) is 46.5 Å². The molecule has 26 heavy (non-hydrogen) atoms. The molecule has 0 bridgehead atoms. The van der Waals surface area contributed by atoms with Crippen molar-refractivity contribution in [2.75, 3.05) is 6.61 Å². The first-order valence-electron chi connectivity index (χ1n) is 12.1. The lowest BCUT2D eigenvalue weighted by Gasteiger charge is -2.61. The molecule has 8 atom stereocenters. The van der Waals surface area contributed by atoms with E-state index in [1.54, 1.807) is 12.8 Å². The zero-order valence-electron chi connectivity index (χ0n) is 17.8. The molecule has 4 fully saturated rings. The van der Waals surface area contributed by atoms with Gasteiger partial charge in [-0.2, -0.15) is 0 Å². The van der Waals surface area contributed by atoms with E-state index in [0.717, 1.165) is 41.9 Å². The van der Waals surface area contributed by atoms with Crippen LogP contribution in [-0.4, -0.2) is 11.7 Å². The second-order valence-electron chi connectivity index (χ2n) is 11.3. The van der Waals surface area contributed by atoms with Gasteiger partial charge >= 0.3 is 0 Å². The highest BCUT2D eigenvalue weighted by atomic mass is 16.2. The van der Waals surface area contributed by atoms with E-state index >= 15 is 0 Å². The first-order valence-corrected chi connectivity index (χ1v) is 12.1. The third-order valence-corrected chi connectivity index (χ3v) is 10.4. The van der Waals surface area contributed by atoms with Crippen molar-refractivity contribution in [1.29, 1.82) is 0 Å². The van der Waals surface area contributed by atoms with Gasteiger partial charge in [0, 0.05) is 6.61 Å². The summed E-state index contributed by atoms with van der Waals surface area (Å²) in [4.78, 5) is 0. The predicted molar refractivity (Wildman–Crippen MR) is 110 cm³/mol. The number of aliphatic hydroxyl groups is 1. The van der Waals surface area contributed by atoms with Crippen LogP contribution in [0.1, 0.15) is 104 Å². The molecule has 1 nitrogen and oxygen atoms in total. The van der Waals surface area contributed by atoms with Crippen LogP contribution in [0.5, 0.6) is 0 Å². The highest BCUT2D eigenvalue weighted by Gasteiger charge is 2.59. The molecule has 4 rings (SSSR count). The van der Waals surface area contributed by atoms with Gasteiger partial charge < -0.3 is 5.11 Å². The minimum Gasteiger partial charge on any atom is -0.396 e. The summed E-state index contributed by atoms with van der Waals surface area (Å²) in [5, 5.41) is 9.13. The topological polar surface area (TPSA) is 20.2 Å². The van der Waals surface area contributed by atoms with Gasteiger partial charge in [-0.15, -0.1) is 0 Å². The van der Waals surface area contributed by atoms with E-state index in [4.69, 9.17) is 5.11 Å². The van der Waals surface area contributed by atoms with E-state index in [0.29, 0.717) is 17.4 Å². The average molecular weight is 361 g/mol.